The van der Waals surface area contributed by atoms with Crippen LogP contribution in [0.3, 0.4) is 0 Å². The first-order valence-corrected chi connectivity index (χ1v) is 7.16. The van der Waals surface area contributed by atoms with Crippen LogP contribution < -0.4 is 5.32 Å². The molecule has 0 spiro atoms. The zero-order chi connectivity index (χ0) is 15.5. The summed E-state index contributed by atoms with van der Waals surface area (Å²) in [7, 11) is 0. The van der Waals surface area contributed by atoms with Crippen molar-refractivity contribution in [1.29, 1.82) is 0 Å². The van der Waals surface area contributed by atoms with Crippen molar-refractivity contribution in [2.75, 3.05) is 5.32 Å². The molecule has 0 atom stereocenters. The van der Waals surface area contributed by atoms with Gasteiger partial charge < -0.3 is 15.4 Å². The van der Waals surface area contributed by atoms with E-state index in [1.165, 1.54) is 12.4 Å². The van der Waals surface area contributed by atoms with Gasteiger partial charge in [0.05, 0.1) is 12.0 Å². The van der Waals surface area contributed by atoms with Gasteiger partial charge >= 0.3 is 0 Å². The molecule has 1 aromatic carbocycles. The van der Waals surface area contributed by atoms with Crippen molar-refractivity contribution >= 4 is 16.9 Å². The third kappa shape index (κ3) is 2.65. The minimum atomic E-state index is -0.398. The summed E-state index contributed by atoms with van der Waals surface area (Å²) in [4.78, 5) is 11.6. The van der Waals surface area contributed by atoms with Crippen LogP contribution >= 0.6 is 0 Å². The van der Waals surface area contributed by atoms with Crippen LogP contribution in [0, 0.1) is 5.82 Å². The molecule has 22 heavy (non-hydrogen) atoms. The predicted octanol–water partition coefficient (Wildman–Crippen LogP) is 2.76. The summed E-state index contributed by atoms with van der Waals surface area (Å²) >= 11 is 0. The fourth-order valence-corrected chi connectivity index (χ4v) is 2.45. The van der Waals surface area contributed by atoms with Crippen LogP contribution in [-0.2, 0) is 19.6 Å². The number of aryl methyl sites for hydroxylation is 1. The monoisotopic (exact) mass is 300 g/mol. The maximum Gasteiger partial charge on any atom is 0.143 e. The molecule has 0 unspecified atom stereocenters. The Balaban J connectivity index is 1.85. The smallest absolute Gasteiger partial charge is 0.143 e. The van der Waals surface area contributed by atoms with E-state index in [0.29, 0.717) is 12.1 Å². The van der Waals surface area contributed by atoms with Gasteiger partial charge in [-0.25, -0.2) is 14.4 Å². The van der Waals surface area contributed by atoms with Crippen LogP contribution in [0.5, 0.6) is 0 Å². The second-order valence-electron chi connectivity index (χ2n) is 5.05. The van der Waals surface area contributed by atoms with Crippen molar-refractivity contribution < 1.29 is 9.50 Å². The Morgan fingerprint density at radius 3 is 2.86 bits per heavy atom. The van der Waals surface area contributed by atoms with Crippen molar-refractivity contribution in [3.8, 4) is 0 Å². The lowest BCUT2D eigenvalue weighted by molar-refractivity contribution is 0.275. The fraction of sp³-hybridized carbons (Fsp3) is 0.250. The summed E-state index contributed by atoms with van der Waals surface area (Å²) in [6.45, 7) is 2.22. The number of halogens is 1. The fourth-order valence-electron chi connectivity index (χ4n) is 2.45. The number of hydrogen-bond acceptors (Lipinski definition) is 4. The minimum Gasteiger partial charge on any atom is -0.392 e. The average Bonchev–Trinajstić information content (AvgIpc) is 2.97. The van der Waals surface area contributed by atoms with E-state index in [2.05, 4.69) is 27.2 Å². The van der Waals surface area contributed by atoms with Gasteiger partial charge in [-0.05, 0) is 23.6 Å². The first-order chi connectivity index (χ1) is 10.7. The van der Waals surface area contributed by atoms with E-state index in [0.717, 1.165) is 34.4 Å². The molecule has 2 aromatic heterocycles. The number of hydrogen-bond donors (Lipinski definition) is 3. The molecule has 0 bridgehead atoms. The minimum absolute atomic E-state index is 0.296. The van der Waals surface area contributed by atoms with Crippen molar-refractivity contribution in [3.05, 3.63) is 53.2 Å². The molecule has 0 saturated heterocycles. The summed E-state index contributed by atoms with van der Waals surface area (Å²) in [6.07, 6.45) is 4.30. The molecule has 3 rings (SSSR count). The van der Waals surface area contributed by atoms with Gasteiger partial charge in [0, 0.05) is 18.3 Å². The Morgan fingerprint density at radius 1 is 1.27 bits per heavy atom. The molecule has 6 heteroatoms. The number of aliphatic hydroxyl groups is 1. The molecule has 3 N–H and O–H groups in total. The lowest BCUT2D eigenvalue weighted by Crippen LogP contribution is -2.04. The SMILES string of the molecule is CCc1c[nH]c2ncnc(NCc3ccc(CO)c(F)c3)c12. The molecule has 0 aliphatic carbocycles. The van der Waals surface area contributed by atoms with Crippen molar-refractivity contribution in [2.45, 2.75) is 26.5 Å². The molecule has 0 aliphatic rings. The zero-order valence-corrected chi connectivity index (χ0v) is 12.2. The number of aliphatic hydroxyl groups excluding tert-OH is 1. The molecular weight excluding hydrogens is 283 g/mol. The Hall–Kier alpha value is -2.47. The maximum atomic E-state index is 13.7. The van der Waals surface area contributed by atoms with E-state index in [9.17, 15) is 4.39 Å². The molecule has 0 radical (unpaired) electrons. The molecular formula is C16H17FN4O. The predicted molar refractivity (Wildman–Crippen MR) is 82.9 cm³/mol. The van der Waals surface area contributed by atoms with Crippen molar-refractivity contribution in [2.24, 2.45) is 0 Å². The van der Waals surface area contributed by atoms with E-state index in [4.69, 9.17) is 5.11 Å². The van der Waals surface area contributed by atoms with Crippen LogP contribution in [0.1, 0.15) is 23.6 Å². The van der Waals surface area contributed by atoms with E-state index in [-0.39, 0.29) is 6.61 Å². The number of benzene rings is 1. The van der Waals surface area contributed by atoms with E-state index < -0.39 is 5.82 Å². The molecule has 0 saturated carbocycles. The van der Waals surface area contributed by atoms with Gasteiger partial charge in [-0.15, -0.1) is 0 Å². The van der Waals surface area contributed by atoms with Gasteiger partial charge in [0.15, 0.2) is 0 Å². The van der Waals surface area contributed by atoms with Gasteiger partial charge in [-0.3, -0.25) is 0 Å². The summed E-state index contributed by atoms with van der Waals surface area (Å²) in [6, 6.07) is 4.81. The Morgan fingerprint density at radius 2 is 2.14 bits per heavy atom. The zero-order valence-electron chi connectivity index (χ0n) is 12.2. The topological polar surface area (TPSA) is 73.8 Å². The third-order valence-electron chi connectivity index (χ3n) is 3.68. The third-order valence-corrected chi connectivity index (χ3v) is 3.68. The van der Waals surface area contributed by atoms with Crippen LogP contribution in [0.25, 0.3) is 11.0 Å². The number of nitrogens with zero attached hydrogens (tertiary/aromatic N) is 2. The lowest BCUT2D eigenvalue weighted by Gasteiger charge is -2.09. The highest BCUT2D eigenvalue weighted by atomic mass is 19.1. The lowest BCUT2D eigenvalue weighted by atomic mass is 10.1. The van der Waals surface area contributed by atoms with E-state index in [1.54, 1.807) is 12.1 Å². The van der Waals surface area contributed by atoms with Gasteiger partial charge in [0.2, 0.25) is 0 Å². The summed E-state index contributed by atoms with van der Waals surface area (Å²) in [5.74, 6) is 0.334. The molecule has 0 aliphatic heterocycles. The average molecular weight is 300 g/mol. The second-order valence-corrected chi connectivity index (χ2v) is 5.05. The molecule has 3 aromatic rings. The molecule has 2 heterocycles. The van der Waals surface area contributed by atoms with E-state index in [1.807, 2.05) is 6.20 Å². The maximum absolute atomic E-state index is 13.7. The normalized spacial score (nSPS) is 11.0. The summed E-state index contributed by atoms with van der Waals surface area (Å²) < 4.78 is 13.7. The Bertz CT molecular complexity index is 800. The number of nitrogens with one attached hydrogen (secondary N) is 2. The van der Waals surface area contributed by atoms with Gasteiger partial charge in [-0.1, -0.05) is 19.1 Å². The Labute approximate surface area is 127 Å². The van der Waals surface area contributed by atoms with Crippen LogP contribution in [0.4, 0.5) is 10.2 Å². The van der Waals surface area contributed by atoms with Crippen molar-refractivity contribution in [1.82, 2.24) is 15.0 Å². The number of anilines is 1. The number of fused-ring (bicyclic) bond motifs is 1. The highest BCUT2D eigenvalue weighted by molar-refractivity contribution is 5.90. The van der Waals surface area contributed by atoms with Gasteiger partial charge in [0.1, 0.15) is 23.6 Å². The van der Waals surface area contributed by atoms with Gasteiger partial charge in [0.25, 0.3) is 0 Å². The summed E-state index contributed by atoms with van der Waals surface area (Å²) in [5.41, 5.74) is 3.01. The highest BCUT2D eigenvalue weighted by Gasteiger charge is 2.10. The highest BCUT2D eigenvalue weighted by Crippen LogP contribution is 2.24. The molecule has 114 valence electrons. The van der Waals surface area contributed by atoms with Crippen molar-refractivity contribution in [3.63, 3.8) is 0 Å². The number of aromatic amines is 1. The quantitative estimate of drug-likeness (QED) is 0.677. The van der Waals surface area contributed by atoms with Crippen LogP contribution in [0.2, 0.25) is 0 Å². The number of H-pyrrole nitrogens is 1. The molecule has 5 nitrogen and oxygen atoms in total. The Kier molecular flexibility index (Phi) is 4.02. The largest absolute Gasteiger partial charge is 0.392 e. The number of aromatic nitrogens is 3. The van der Waals surface area contributed by atoms with Crippen LogP contribution in [-0.4, -0.2) is 20.1 Å². The number of rotatable bonds is 5. The van der Waals surface area contributed by atoms with Crippen LogP contribution in [0.15, 0.2) is 30.7 Å². The molecule has 0 fully saturated rings. The second kappa shape index (κ2) is 6.11. The van der Waals surface area contributed by atoms with Gasteiger partial charge in [-0.2, -0.15) is 0 Å². The first kappa shape index (κ1) is 14.5. The standard InChI is InChI=1S/C16H17FN4O/c1-2-11-7-19-16-14(11)15(20-9-21-16)18-6-10-3-4-12(8-22)13(17)5-10/h3-5,7,9,22H,2,6,8H2,1H3,(H2,18,19,20,21). The van der Waals surface area contributed by atoms with E-state index >= 15 is 0 Å². The molecule has 0 amide bonds. The first-order valence-electron chi connectivity index (χ1n) is 7.16. The summed E-state index contributed by atoms with van der Waals surface area (Å²) in [5, 5.41) is 13.2.